The Morgan fingerprint density at radius 3 is 2.23 bits per heavy atom. The van der Waals surface area contributed by atoms with E-state index in [-0.39, 0.29) is 11.3 Å². The van der Waals surface area contributed by atoms with Crippen LogP contribution in [0.2, 0.25) is 16.6 Å². The third kappa shape index (κ3) is 4.79. The van der Waals surface area contributed by atoms with Crippen LogP contribution in [0.3, 0.4) is 0 Å². The lowest BCUT2D eigenvalue weighted by Crippen LogP contribution is -2.51. The van der Waals surface area contributed by atoms with Crippen LogP contribution in [0.25, 0.3) is 11.0 Å². The van der Waals surface area contributed by atoms with Crippen LogP contribution in [-0.4, -0.2) is 33.2 Å². The standard InChI is InChI=1S/C31H38FN5OSi/c1-18(2)39(19(3)4,20(5)6)37-17-26(25-14-21(7)15-34-31(25)37)29(38)24-11-13-28(36-30(24)32)35-23-10-12-27(33-16-23)22-8-9-22/h10-20,22H,8-9H2,1-7H3,(H,35,36). The maximum atomic E-state index is 15.4. The molecule has 1 aliphatic carbocycles. The van der Waals surface area contributed by atoms with E-state index in [1.807, 2.05) is 37.5 Å². The molecule has 1 saturated carbocycles. The molecule has 1 aliphatic rings. The van der Waals surface area contributed by atoms with Crippen molar-refractivity contribution in [3.8, 4) is 0 Å². The van der Waals surface area contributed by atoms with E-state index in [1.54, 1.807) is 12.3 Å². The first-order chi connectivity index (χ1) is 18.5. The zero-order valence-corrected chi connectivity index (χ0v) is 24.9. The minimum absolute atomic E-state index is 0.0470. The Morgan fingerprint density at radius 1 is 0.974 bits per heavy atom. The molecule has 0 saturated heterocycles. The molecule has 1 fully saturated rings. The van der Waals surface area contributed by atoms with Gasteiger partial charge in [-0.05, 0) is 72.3 Å². The van der Waals surface area contributed by atoms with Crippen molar-refractivity contribution in [1.82, 2.24) is 19.2 Å². The van der Waals surface area contributed by atoms with Crippen LogP contribution < -0.4 is 5.32 Å². The van der Waals surface area contributed by atoms with Gasteiger partial charge >= 0.3 is 0 Å². The number of nitrogens with zero attached hydrogens (tertiary/aromatic N) is 4. The Hall–Kier alpha value is -3.39. The molecule has 5 rings (SSSR count). The number of carbonyl (C=O) groups excluding carboxylic acids is 1. The van der Waals surface area contributed by atoms with Crippen LogP contribution in [0.4, 0.5) is 15.9 Å². The molecule has 4 aromatic heterocycles. The van der Waals surface area contributed by atoms with E-state index in [1.165, 1.54) is 18.9 Å². The fraction of sp³-hybridized carbons (Fsp3) is 0.419. The van der Waals surface area contributed by atoms with Crippen molar-refractivity contribution < 1.29 is 9.18 Å². The number of rotatable bonds is 9. The molecule has 39 heavy (non-hydrogen) atoms. The van der Waals surface area contributed by atoms with Gasteiger partial charge in [0.25, 0.3) is 0 Å². The van der Waals surface area contributed by atoms with Crippen LogP contribution in [0.5, 0.6) is 0 Å². The second-order valence-electron chi connectivity index (χ2n) is 11.9. The quantitative estimate of drug-likeness (QED) is 0.131. The Labute approximate surface area is 231 Å². The van der Waals surface area contributed by atoms with Crippen LogP contribution in [0.1, 0.15) is 87.5 Å². The third-order valence-corrected chi connectivity index (χ3v) is 15.1. The van der Waals surface area contributed by atoms with E-state index < -0.39 is 14.2 Å². The number of carbonyl (C=O) groups is 1. The fourth-order valence-electron chi connectivity index (χ4n) is 6.59. The van der Waals surface area contributed by atoms with Crippen molar-refractivity contribution in [2.24, 2.45) is 0 Å². The normalized spacial score (nSPS) is 14.1. The maximum Gasteiger partial charge on any atom is 0.226 e. The first-order valence-electron chi connectivity index (χ1n) is 14.0. The van der Waals surface area contributed by atoms with Crippen molar-refractivity contribution in [1.29, 1.82) is 0 Å². The number of anilines is 2. The first-order valence-corrected chi connectivity index (χ1v) is 16.1. The summed E-state index contributed by atoms with van der Waals surface area (Å²) in [6.07, 6.45) is 7.91. The Balaban J connectivity index is 1.53. The van der Waals surface area contributed by atoms with Gasteiger partial charge in [-0.15, -0.1) is 0 Å². The monoisotopic (exact) mass is 543 g/mol. The highest BCUT2D eigenvalue weighted by Crippen LogP contribution is 2.45. The number of hydrogen-bond acceptors (Lipinski definition) is 5. The van der Waals surface area contributed by atoms with Gasteiger partial charge in [0, 0.05) is 35.0 Å². The molecule has 0 unspecified atom stereocenters. The number of aryl methyl sites for hydroxylation is 1. The predicted molar refractivity (Wildman–Crippen MR) is 158 cm³/mol. The maximum absolute atomic E-state index is 15.4. The molecule has 204 valence electrons. The van der Waals surface area contributed by atoms with Gasteiger partial charge in [-0.1, -0.05) is 41.5 Å². The number of aromatic nitrogens is 4. The molecule has 1 N–H and O–H groups in total. The number of fused-ring (bicyclic) bond motifs is 1. The predicted octanol–water partition coefficient (Wildman–Crippen LogP) is 8.15. The Morgan fingerprint density at radius 2 is 1.67 bits per heavy atom. The van der Waals surface area contributed by atoms with Gasteiger partial charge in [0.2, 0.25) is 5.95 Å². The fourth-order valence-corrected chi connectivity index (χ4v) is 13.2. The molecule has 0 aliphatic heterocycles. The van der Waals surface area contributed by atoms with E-state index in [2.05, 4.69) is 61.1 Å². The SMILES string of the molecule is Cc1cnc2c(c1)c(C(=O)c1ccc(Nc3ccc(C4CC4)nc3)nc1F)cn2[Si](C(C)C)(C(C)C)C(C)C. The highest BCUT2D eigenvalue weighted by atomic mass is 28.3. The van der Waals surface area contributed by atoms with Gasteiger partial charge in [-0.3, -0.25) is 9.78 Å². The minimum Gasteiger partial charge on any atom is -0.358 e. The zero-order valence-electron chi connectivity index (χ0n) is 23.9. The molecule has 0 bridgehead atoms. The van der Waals surface area contributed by atoms with Gasteiger partial charge in [0.15, 0.2) is 14.0 Å². The molecule has 4 heterocycles. The van der Waals surface area contributed by atoms with Crippen LogP contribution in [-0.2, 0) is 0 Å². The van der Waals surface area contributed by atoms with Crippen molar-refractivity contribution in [3.05, 3.63) is 77.3 Å². The number of pyridine rings is 3. The summed E-state index contributed by atoms with van der Waals surface area (Å²) in [6.45, 7) is 15.6. The number of nitrogens with one attached hydrogen (secondary N) is 1. The summed E-state index contributed by atoms with van der Waals surface area (Å²) in [6, 6.07) is 9.07. The number of ketones is 1. The summed E-state index contributed by atoms with van der Waals surface area (Å²) in [7, 11) is -2.21. The van der Waals surface area contributed by atoms with Gasteiger partial charge in [-0.2, -0.15) is 4.39 Å². The summed E-state index contributed by atoms with van der Waals surface area (Å²) in [5.74, 6) is -0.276. The van der Waals surface area contributed by atoms with Crippen molar-refractivity contribution in [3.63, 3.8) is 0 Å². The third-order valence-electron chi connectivity index (χ3n) is 8.36. The molecule has 0 aromatic carbocycles. The van der Waals surface area contributed by atoms with Crippen molar-refractivity contribution in [2.75, 3.05) is 5.32 Å². The van der Waals surface area contributed by atoms with E-state index in [9.17, 15) is 4.79 Å². The average molecular weight is 544 g/mol. The Bertz CT molecular complexity index is 1500. The van der Waals surface area contributed by atoms with E-state index in [0.717, 1.165) is 28.0 Å². The summed E-state index contributed by atoms with van der Waals surface area (Å²) in [5.41, 5.74) is 5.24. The summed E-state index contributed by atoms with van der Waals surface area (Å²) >= 11 is 0. The lowest BCUT2D eigenvalue weighted by Gasteiger charge is -2.44. The van der Waals surface area contributed by atoms with Gasteiger partial charge in [0.1, 0.15) is 11.5 Å². The topological polar surface area (TPSA) is 72.7 Å². The van der Waals surface area contributed by atoms with Gasteiger partial charge in [0.05, 0.1) is 17.4 Å². The lowest BCUT2D eigenvalue weighted by atomic mass is 10.0. The van der Waals surface area contributed by atoms with Crippen molar-refractivity contribution >= 4 is 36.6 Å². The molecular weight excluding hydrogens is 505 g/mol. The first kappa shape index (κ1) is 27.2. The average Bonchev–Trinajstić information content (AvgIpc) is 3.66. The van der Waals surface area contributed by atoms with Crippen molar-refractivity contribution in [2.45, 2.75) is 83.8 Å². The number of hydrogen-bond donors (Lipinski definition) is 1. The summed E-state index contributed by atoms with van der Waals surface area (Å²) in [5, 5.41) is 3.87. The molecule has 0 amide bonds. The van der Waals surface area contributed by atoms with Gasteiger partial charge < -0.3 is 9.55 Å². The van der Waals surface area contributed by atoms with E-state index >= 15 is 4.39 Å². The van der Waals surface area contributed by atoms with Crippen LogP contribution >= 0.6 is 0 Å². The largest absolute Gasteiger partial charge is 0.358 e. The van der Waals surface area contributed by atoms with E-state index in [0.29, 0.717) is 33.9 Å². The number of halogens is 1. The molecular formula is C31H38FN5OSi. The molecule has 8 heteroatoms. The molecule has 0 spiro atoms. The smallest absolute Gasteiger partial charge is 0.226 e. The van der Waals surface area contributed by atoms with Crippen LogP contribution in [0, 0.1) is 12.9 Å². The molecule has 4 aromatic rings. The summed E-state index contributed by atoms with van der Waals surface area (Å²) < 4.78 is 17.7. The second kappa shape index (κ2) is 10.3. The zero-order chi connectivity index (χ0) is 28.1. The van der Waals surface area contributed by atoms with Gasteiger partial charge in [-0.25, -0.2) is 9.97 Å². The molecule has 6 nitrogen and oxygen atoms in total. The van der Waals surface area contributed by atoms with Crippen LogP contribution in [0.15, 0.2) is 48.9 Å². The lowest BCUT2D eigenvalue weighted by molar-refractivity contribution is 0.103. The highest BCUT2D eigenvalue weighted by Gasteiger charge is 2.46. The highest BCUT2D eigenvalue weighted by molar-refractivity contribution is 6.82. The molecule has 0 atom stereocenters. The second-order valence-corrected chi connectivity index (χ2v) is 17.6. The molecule has 0 radical (unpaired) electrons. The minimum atomic E-state index is -2.21. The summed E-state index contributed by atoms with van der Waals surface area (Å²) in [4.78, 5) is 27.3. The Kier molecular flexibility index (Phi) is 7.18. The van der Waals surface area contributed by atoms with E-state index in [4.69, 9.17) is 4.98 Å².